The Kier molecular flexibility index (Phi) is 12.6. The van der Waals surface area contributed by atoms with E-state index in [0.29, 0.717) is 0 Å². The maximum Gasteiger partial charge on any atom is 0.195 e. The molecule has 98 valence electrons. The molecule has 0 bridgehead atoms. The number of aromatic nitrogens is 3. The lowest BCUT2D eigenvalue weighted by molar-refractivity contribution is 0.744. The van der Waals surface area contributed by atoms with Gasteiger partial charge in [-0.3, -0.25) is 21.2 Å². The molecule has 0 aliphatic rings. The first-order valence-electron chi connectivity index (χ1n) is 4.90. The molecular weight excluding hydrogens is 244 g/mol. The summed E-state index contributed by atoms with van der Waals surface area (Å²) in [7, 11) is 0. The topological polar surface area (TPSA) is 139 Å². The average molecular weight is 263 g/mol. The van der Waals surface area contributed by atoms with Crippen molar-refractivity contribution in [2.45, 2.75) is 19.8 Å². The molecule has 0 spiro atoms. The number of aromatic amines is 1. The fourth-order valence-corrected chi connectivity index (χ4v) is 0.736. The number of hydrogen-bond acceptors (Lipinski definition) is 4. The molecule has 0 atom stereocenters. The molecule has 0 saturated carbocycles. The van der Waals surface area contributed by atoms with Gasteiger partial charge in [-0.05, 0) is 6.42 Å². The van der Waals surface area contributed by atoms with Gasteiger partial charge in [-0.25, -0.2) is 0 Å². The van der Waals surface area contributed by atoms with Gasteiger partial charge in [0, 0.05) is 12.7 Å². The first kappa shape index (κ1) is 17.6. The van der Waals surface area contributed by atoms with Crippen LogP contribution in [0.3, 0.4) is 0 Å². The van der Waals surface area contributed by atoms with Gasteiger partial charge < -0.3 is 11.1 Å². The SMILES string of the molecule is CCCCNC(=N)NC(=N)N.Cl.c1c[nH]nn1. The van der Waals surface area contributed by atoms with Crippen LogP contribution in [0.4, 0.5) is 0 Å². The third-order valence-corrected chi connectivity index (χ3v) is 1.42. The van der Waals surface area contributed by atoms with Crippen molar-refractivity contribution in [3.8, 4) is 0 Å². The lowest BCUT2D eigenvalue weighted by Crippen LogP contribution is -2.43. The second-order valence-corrected chi connectivity index (χ2v) is 2.85. The predicted octanol–water partition coefficient (Wildman–Crippen LogP) is 0.0204. The monoisotopic (exact) mass is 262 g/mol. The standard InChI is InChI=1S/C6H15N5.C2H3N3.ClH/c1-2-3-4-10-6(9)11-5(7)8;1-2-4-5-3-1;/h2-4H2,1H3,(H6,7,8,9,10,11);1-2H,(H,3,4,5);1H. The van der Waals surface area contributed by atoms with Crippen molar-refractivity contribution in [3.05, 3.63) is 12.4 Å². The minimum absolute atomic E-state index is 0. The van der Waals surface area contributed by atoms with Crippen LogP contribution >= 0.6 is 12.4 Å². The number of nitrogens with one attached hydrogen (secondary N) is 5. The largest absolute Gasteiger partial charge is 0.370 e. The molecule has 0 aliphatic carbocycles. The lowest BCUT2D eigenvalue weighted by Gasteiger charge is -2.06. The lowest BCUT2D eigenvalue weighted by atomic mass is 10.3. The van der Waals surface area contributed by atoms with Gasteiger partial charge in [-0.2, -0.15) is 0 Å². The molecule has 1 aromatic heterocycles. The Balaban J connectivity index is 0. The van der Waals surface area contributed by atoms with E-state index in [-0.39, 0.29) is 24.3 Å². The van der Waals surface area contributed by atoms with Gasteiger partial charge in [0.1, 0.15) is 0 Å². The summed E-state index contributed by atoms with van der Waals surface area (Å²) in [6, 6.07) is 0. The molecule has 0 unspecified atom stereocenters. The zero-order valence-corrected chi connectivity index (χ0v) is 10.5. The highest BCUT2D eigenvalue weighted by atomic mass is 35.5. The molecule has 0 saturated heterocycles. The van der Waals surface area contributed by atoms with Crippen molar-refractivity contribution < 1.29 is 0 Å². The third kappa shape index (κ3) is 14.2. The first-order valence-corrected chi connectivity index (χ1v) is 4.90. The fourth-order valence-electron chi connectivity index (χ4n) is 0.736. The van der Waals surface area contributed by atoms with Gasteiger partial charge in [-0.15, -0.1) is 17.5 Å². The third-order valence-electron chi connectivity index (χ3n) is 1.42. The van der Waals surface area contributed by atoms with Crippen molar-refractivity contribution in [2.24, 2.45) is 5.73 Å². The molecule has 7 N–H and O–H groups in total. The second kappa shape index (κ2) is 12.2. The molecule has 0 radical (unpaired) electrons. The number of guanidine groups is 2. The Hall–Kier alpha value is -1.83. The van der Waals surface area contributed by atoms with Crippen molar-refractivity contribution >= 4 is 24.3 Å². The van der Waals surface area contributed by atoms with Gasteiger partial charge in [0.25, 0.3) is 0 Å². The number of nitrogens with zero attached hydrogens (tertiary/aromatic N) is 2. The molecule has 0 aromatic carbocycles. The summed E-state index contributed by atoms with van der Waals surface area (Å²) in [6.45, 7) is 2.82. The Morgan fingerprint density at radius 3 is 2.53 bits per heavy atom. The fraction of sp³-hybridized carbons (Fsp3) is 0.500. The summed E-state index contributed by atoms with van der Waals surface area (Å²) in [5, 5.41) is 28.3. The van der Waals surface area contributed by atoms with Crippen LogP contribution in [0.5, 0.6) is 0 Å². The van der Waals surface area contributed by atoms with Gasteiger partial charge >= 0.3 is 0 Å². The molecule has 1 aromatic rings. The summed E-state index contributed by atoms with van der Waals surface area (Å²) in [5.74, 6) is -0.120. The Bertz CT molecular complexity index is 269. The summed E-state index contributed by atoms with van der Waals surface area (Å²) in [6.07, 6.45) is 5.34. The van der Waals surface area contributed by atoms with Gasteiger partial charge in [-0.1, -0.05) is 18.6 Å². The molecule has 0 aliphatic heterocycles. The number of nitrogens with two attached hydrogens (primary N) is 1. The van der Waals surface area contributed by atoms with Crippen molar-refractivity contribution in [1.29, 1.82) is 10.8 Å². The van der Waals surface area contributed by atoms with E-state index < -0.39 is 0 Å². The van der Waals surface area contributed by atoms with Crippen LogP contribution in [0.15, 0.2) is 12.4 Å². The number of H-pyrrole nitrogens is 1. The molecule has 8 nitrogen and oxygen atoms in total. The summed E-state index contributed by atoms with van der Waals surface area (Å²) < 4.78 is 0. The molecule has 0 fully saturated rings. The van der Waals surface area contributed by atoms with Crippen LogP contribution in [-0.4, -0.2) is 33.9 Å². The number of unbranched alkanes of at least 4 members (excludes halogenated alkanes) is 1. The Labute approximate surface area is 106 Å². The van der Waals surface area contributed by atoms with Crippen molar-refractivity contribution in [3.63, 3.8) is 0 Å². The van der Waals surface area contributed by atoms with Gasteiger partial charge in [0.15, 0.2) is 11.9 Å². The van der Waals surface area contributed by atoms with Crippen LogP contribution in [0.2, 0.25) is 0 Å². The van der Waals surface area contributed by atoms with Crippen LogP contribution in [0.1, 0.15) is 19.8 Å². The van der Waals surface area contributed by atoms with E-state index in [0.717, 1.165) is 19.4 Å². The molecule has 1 heterocycles. The maximum atomic E-state index is 7.15. The number of halogens is 1. The zero-order valence-electron chi connectivity index (χ0n) is 9.66. The number of rotatable bonds is 3. The van der Waals surface area contributed by atoms with Gasteiger partial charge in [0.2, 0.25) is 0 Å². The summed E-state index contributed by atoms with van der Waals surface area (Å²) >= 11 is 0. The minimum atomic E-state index is -0.209. The van der Waals surface area contributed by atoms with E-state index in [9.17, 15) is 0 Å². The Morgan fingerprint density at radius 1 is 1.47 bits per heavy atom. The highest BCUT2D eigenvalue weighted by molar-refractivity contribution is 5.94. The number of hydrogen-bond donors (Lipinski definition) is 6. The van der Waals surface area contributed by atoms with E-state index in [1.807, 2.05) is 0 Å². The molecule has 9 heteroatoms. The molecule has 0 amide bonds. The van der Waals surface area contributed by atoms with Crippen molar-refractivity contribution in [2.75, 3.05) is 6.54 Å². The molecular formula is C8H19ClN8. The van der Waals surface area contributed by atoms with Crippen LogP contribution in [0.25, 0.3) is 0 Å². The minimum Gasteiger partial charge on any atom is -0.370 e. The van der Waals surface area contributed by atoms with Gasteiger partial charge in [0.05, 0.1) is 6.20 Å². The zero-order chi connectivity index (χ0) is 12.2. The first-order chi connectivity index (χ1) is 7.66. The van der Waals surface area contributed by atoms with E-state index >= 15 is 0 Å². The quantitative estimate of drug-likeness (QED) is 0.259. The van der Waals surface area contributed by atoms with E-state index in [4.69, 9.17) is 16.6 Å². The highest BCUT2D eigenvalue weighted by Gasteiger charge is 1.93. The van der Waals surface area contributed by atoms with Crippen molar-refractivity contribution in [1.82, 2.24) is 26.0 Å². The molecule has 1 rings (SSSR count). The smallest absolute Gasteiger partial charge is 0.195 e. The summed E-state index contributed by atoms with van der Waals surface area (Å²) in [5.41, 5.74) is 4.99. The highest BCUT2D eigenvalue weighted by Crippen LogP contribution is 1.80. The van der Waals surface area contributed by atoms with Crippen LogP contribution in [0, 0.1) is 10.8 Å². The van der Waals surface area contributed by atoms with E-state index in [1.54, 1.807) is 12.4 Å². The van der Waals surface area contributed by atoms with E-state index in [2.05, 4.69) is 33.0 Å². The summed E-state index contributed by atoms with van der Waals surface area (Å²) in [4.78, 5) is 0. The normalized spacial score (nSPS) is 8.06. The van der Waals surface area contributed by atoms with Crippen LogP contribution in [-0.2, 0) is 0 Å². The average Bonchev–Trinajstić information content (AvgIpc) is 2.74. The van der Waals surface area contributed by atoms with Crippen LogP contribution < -0.4 is 16.4 Å². The molecule has 17 heavy (non-hydrogen) atoms. The second-order valence-electron chi connectivity index (χ2n) is 2.85. The maximum absolute atomic E-state index is 7.15. The Morgan fingerprint density at radius 2 is 2.18 bits per heavy atom. The predicted molar refractivity (Wildman–Crippen MR) is 69.3 cm³/mol. The van der Waals surface area contributed by atoms with E-state index in [1.165, 1.54) is 0 Å².